The number of pyridine rings is 1. The second-order valence-corrected chi connectivity index (χ2v) is 13.5. The zero-order valence-electron chi connectivity index (χ0n) is 31.0. The van der Waals surface area contributed by atoms with Crippen LogP contribution in [0.5, 0.6) is 0 Å². The second-order valence-electron chi connectivity index (χ2n) is 13.5. The molecule has 1 N–H and O–H groups in total. The molecule has 0 aliphatic rings. The number of carbonyl (C=O) groups is 1. The van der Waals surface area contributed by atoms with Gasteiger partial charge in [-0.15, -0.1) is 21.9 Å². The van der Waals surface area contributed by atoms with Crippen LogP contribution in [0.1, 0.15) is 16.1 Å². The highest BCUT2D eigenvalue weighted by Gasteiger charge is 2.52. The number of benzene rings is 6. The maximum absolute atomic E-state index is 15.4. The molecule has 0 saturated carbocycles. The Bertz CT molecular complexity index is 2730. The minimum absolute atomic E-state index is 0.299. The lowest BCUT2D eigenvalue weighted by molar-refractivity contribution is -0.689. The summed E-state index contributed by atoms with van der Waals surface area (Å²) < 4.78 is 296. The van der Waals surface area contributed by atoms with Gasteiger partial charge in [0.2, 0.25) is 0 Å². The molecule has 0 aliphatic heterocycles. The van der Waals surface area contributed by atoms with Crippen LogP contribution in [0.2, 0.25) is 0 Å². The maximum atomic E-state index is 15.4. The number of nitrogens with zero attached hydrogens (tertiary/aromatic N) is 1. The number of rotatable bonds is 7. The van der Waals surface area contributed by atoms with Gasteiger partial charge in [0.05, 0.1) is 0 Å². The van der Waals surface area contributed by atoms with Crippen molar-refractivity contribution in [3.63, 3.8) is 0 Å². The number of hydrogen-bond donors (Lipinski definition) is 1. The van der Waals surface area contributed by atoms with E-state index in [1.54, 1.807) is 10.6 Å². The summed E-state index contributed by atoms with van der Waals surface area (Å²) in [4.78, 5) is 11.4. The molecule has 1 heterocycles. The van der Waals surface area contributed by atoms with Crippen LogP contribution in [0.15, 0.2) is 66.9 Å². The van der Waals surface area contributed by atoms with E-state index in [0.717, 1.165) is 16.3 Å². The van der Waals surface area contributed by atoms with Gasteiger partial charge in [-0.2, -0.15) is 4.57 Å². The summed E-state index contributed by atoms with van der Waals surface area (Å²) in [6, 6.07) is 19.4. The van der Waals surface area contributed by atoms with Crippen molar-refractivity contribution in [2.24, 2.45) is 0 Å². The fraction of sp³-hybridized carbons (Fsp3) is 0.0244. The summed E-state index contributed by atoms with van der Waals surface area (Å²) in [5.74, 6) is -72.3. The number of hydrogen-bond acceptors (Lipinski definition) is 1. The summed E-state index contributed by atoms with van der Waals surface area (Å²) in [5.41, 5.74) is -13.0. The van der Waals surface area contributed by atoms with Crippen LogP contribution in [0.25, 0.3) is 10.8 Å². The van der Waals surface area contributed by atoms with Gasteiger partial charge in [-0.25, -0.2) is 92.6 Å². The van der Waals surface area contributed by atoms with Crippen molar-refractivity contribution in [3.05, 3.63) is 194 Å². The molecular formula is C41H14BF20NO2. The minimum atomic E-state index is -7.22. The van der Waals surface area contributed by atoms with E-state index in [-0.39, 0.29) is 0 Å². The maximum Gasteiger partial charge on any atom is 0.401 e. The predicted octanol–water partition coefficient (Wildman–Crippen LogP) is 8.72. The average molecular weight is 943 g/mol. The Morgan fingerprint density at radius 1 is 0.385 bits per heavy atom. The van der Waals surface area contributed by atoms with E-state index in [0.29, 0.717) is 12.2 Å². The first-order chi connectivity index (χ1) is 30.4. The molecule has 0 spiro atoms. The smallest absolute Gasteiger partial charge is 0.401 e. The Morgan fingerprint density at radius 3 is 0.938 bits per heavy atom. The van der Waals surface area contributed by atoms with E-state index in [2.05, 4.69) is 0 Å². The SMILES string of the molecule is Fc1c(F)c(F)c([B-](c2c(F)c(F)c(F)c(F)c2F)(c2c(F)c(F)c(F)c(F)c2F)c2c(F)c(F)c(F)c(F)c2F)c(F)c1F.O=C(O)c1cc2ccccc2c[n+]1Cc1ccccc1. The Morgan fingerprint density at radius 2 is 0.646 bits per heavy atom. The summed E-state index contributed by atoms with van der Waals surface area (Å²) in [7, 11) is 0. The molecule has 0 radical (unpaired) electrons. The van der Waals surface area contributed by atoms with Gasteiger partial charge in [0, 0.05) is 17.0 Å². The first-order valence-electron chi connectivity index (χ1n) is 17.4. The van der Waals surface area contributed by atoms with Crippen LogP contribution in [0, 0.1) is 116 Å². The van der Waals surface area contributed by atoms with E-state index in [9.17, 15) is 62.6 Å². The van der Waals surface area contributed by atoms with Gasteiger partial charge < -0.3 is 5.11 Å². The minimum Gasteiger partial charge on any atom is -0.473 e. The lowest BCUT2D eigenvalue weighted by atomic mass is 9.12. The normalized spacial score (nSPS) is 11.6. The highest BCUT2D eigenvalue weighted by molar-refractivity contribution is 7.20. The Labute approximate surface area is 347 Å². The largest absolute Gasteiger partial charge is 0.473 e. The highest BCUT2D eigenvalue weighted by Crippen LogP contribution is 2.31. The zero-order chi connectivity index (χ0) is 48.3. The molecular weight excluding hydrogens is 929 g/mol. The van der Waals surface area contributed by atoms with Gasteiger partial charge in [0.1, 0.15) is 52.7 Å². The van der Waals surface area contributed by atoms with Crippen molar-refractivity contribution in [2.75, 3.05) is 0 Å². The first kappa shape index (κ1) is 47.3. The topological polar surface area (TPSA) is 41.2 Å². The lowest BCUT2D eigenvalue weighted by Gasteiger charge is -2.44. The van der Waals surface area contributed by atoms with Gasteiger partial charge >= 0.3 is 5.97 Å². The molecule has 0 saturated heterocycles. The number of aromatic carboxylic acids is 1. The highest BCUT2D eigenvalue weighted by atomic mass is 19.2. The molecule has 0 amide bonds. The number of fused-ring (bicyclic) bond motifs is 1. The summed E-state index contributed by atoms with van der Waals surface area (Å²) >= 11 is 0. The molecule has 1 aromatic heterocycles. The van der Waals surface area contributed by atoms with Gasteiger partial charge in [-0.3, -0.25) is 0 Å². The lowest BCUT2D eigenvalue weighted by Crippen LogP contribution is -2.81. The number of halogens is 20. The standard InChI is InChI=1S/C24BF20.C17H13NO2/c26-5-1(6(27)14(35)21(42)13(5)34)25(2-7(28)15(36)22(43)16(37)8(2)29,3-9(30)17(38)23(44)18(39)10(3)31)4-11(32)19(40)24(45)20(41)12(4)33;19-17(20)16-10-14-8-4-5-9-15(14)12-18(16)11-13-6-2-1-3-7-13/h;1-10,12H,11H2/q-1;/p+1. The third kappa shape index (κ3) is 7.42. The van der Waals surface area contributed by atoms with Crippen molar-refractivity contribution in [3.8, 4) is 0 Å². The molecule has 3 nitrogen and oxygen atoms in total. The first-order valence-corrected chi connectivity index (χ1v) is 17.4. The number of carboxylic acid groups (broad SMARTS) is 1. The van der Waals surface area contributed by atoms with Crippen LogP contribution >= 0.6 is 0 Å². The molecule has 24 heteroatoms. The Balaban J connectivity index is 0.000000289. The third-order valence-electron chi connectivity index (χ3n) is 10.0. The Kier molecular flexibility index (Phi) is 12.7. The van der Waals surface area contributed by atoms with E-state index in [1.807, 2.05) is 60.8 Å². The summed E-state index contributed by atoms with van der Waals surface area (Å²) in [6.07, 6.45) is -5.32. The van der Waals surface area contributed by atoms with Crippen LogP contribution in [0.4, 0.5) is 87.8 Å². The molecule has 65 heavy (non-hydrogen) atoms. The molecule has 0 fully saturated rings. The van der Waals surface area contributed by atoms with Gasteiger partial charge in [-0.1, -0.05) is 48.5 Å². The fourth-order valence-electron chi connectivity index (χ4n) is 7.20. The van der Waals surface area contributed by atoms with Crippen molar-refractivity contribution in [1.82, 2.24) is 0 Å². The van der Waals surface area contributed by atoms with Gasteiger partial charge in [0.25, 0.3) is 5.69 Å². The van der Waals surface area contributed by atoms with Crippen molar-refractivity contribution < 1.29 is 102 Å². The van der Waals surface area contributed by atoms with Crippen LogP contribution in [0.3, 0.4) is 0 Å². The quantitative estimate of drug-likeness (QED) is 0.0572. The predicted molar refractivity (Wildman–Crippen MR) is 186 cm³/mol. The average Bonchev–Trinajstić information content (AvgIpc) is 3.29. The number of carboxylic acids is 1. The van der Waals surface area contributed by atoms with Crippen molar-refractivity contribution in [2.45, 2.75) is 6.54 Å². The Hall–Kier alpha value is -7.14. The van der Waals surface area contributed by atoms with Gasteiger partial charge in [-0.05, 0) is 11.5 Å². The molecule has 6 aromatic carbocycles. The van der Waals surface area contributed by atoms with Gasteiger partial charge in [0.15, 0.2) is 82.5 Å². The molecule has 0 aliphatic carbocycles. The molecule has 7 aromatic rings. The van der Waals surface area contributed by atoms with E-state index in [4.69, 9.17) is 0 Å². The van der Waals surface area contributed by atoms with Crippen molar-refractivity contribution in [1.29, 1.82) is 0 Å². The van der Waals surface area contributed by atoms with E-state index in [1.165, 1.54) is 0 Å². The van der Waals surface area contributed by atoms with Crippen molar-refractivity contribution >= 4 is 44.7 Å². The summed E-state index contributed by atoms with van der Waals surface area (Å²) in [5, 5.41) is 11.4. The molecule has 0 bridgehead atoms. The van der Waals surface area contributed by atoms with E-state index >= 15 is 35.1 Å². The third-order valence-corrected chi connectivity index (χ3v) is 10.0. The van der Waals surface area contributed by atoms with E-state index < -0.39 is 150 Å². The van der Waals surface area contributed by atoms with Crippen LogP contribution < -0.4 is 26.4 Å². The number of aromatic nitrogens is 1. The zero-order valence-corrected chi connectivity index (χ0v) is 31.0. The molecule has 0 atom stereocenters. The molecule has 0 unspecified atom stereocenters. The van der Waals surface area contributed by atoms with Crippen LogP contribution in [-0.4, -0.2) is 17.2 Å². The molecule has 7 rings (SSSR count). The summed E-state index contributed by atoms with van der Waals surface area (Å²) in [6.45, 7) is 0.549. The fourth-order valence-corrected chi connectivity index (χ4v) is 7.20. The van der Waals surface area contributed by atoms with Crippen LogP contribution in [-0.2, 0) is 6.54 Å². The second kappa shape index (κ2) is 17.4. The monoisotopic (exact) mass is 943 g/mol. The molecule has 338 valence electrons.